The molecule has 2 N–H and O–H groups in total. The van der Waals surface area contributed by atoms with Gasteiger partial charge in [-0.1, -0.05) is 61.3 Å². The molecular formula is C25H29ClN2O4. The molecule has 1 atom stereocenters. The van der Waals surface area contributed by atoms with E-state index in [9.17, 15) is 9.59 Å². The van der Waals surface area contributed by atoms with Crippen LogP contribution in [0.1, 0.15) is 57.2 Å². The van der Waals surface area contributed by atoms with Crippen molar-refractivity contribution in [3.8, 4) is 5.75 Å². The molecule has 2 aromatic carbocycles. The molecule has 170 valence electrons. The van der Waals surface area contributed by atoms with E-state index in [0.29, 0.717) is 34.0 Å². The molecule has 0 aromatic heterocycles. The second kappa shape index (κ2) is 11.0. The summed E-state index contributed by atoms with van der Waals surface area (Å²) in [6, 6.07) is 13.8. The highest BCUT2D eigenvalue weighted by molar-refractivity contribution is 6.31. The second-order valence-corrected chi connectivity index (χ2v) is 8.31. The topological polar surface area (TPSA) is 76.7 Å². The van der Waals surface area contributed by atoms with Crippen LogP contribution in [0.4, 0.5) is 4.79 Å². The predicted octanol–water partition coefficient (Wildman–Crippen LogP) is 5.67. The molecule has 7 heteroatoms. The third-order valence-corrected chi connectivity index (χ3v) is 5.44. The molecule has 32 heavy (non-hydrogen) atoms. The van der Waals surface area contributed by atoms with Gasteiger partial charge in [-0.15, -0.1) is 0 Å². The van der Waals surface area contributed by atoms with Gasteiger partial charge in [0, 0.05) is 21.8 Å². The van der Waals surface area contributed by atoms with Crippen molar-refractivity contribution in [3.05, 3.63) is 76.0 Å². The average molecular weight is 457 g/mol. The van der Waals surface area contributed by atoms with Gasteiger partial charge in [0.25, 0.3) is 0 Å². The first-order chi connectivity index (χ1) is 15.4. The van der Waals surface area contributed by atoms with Crippen LogP contribution in [0.15, 0.2) is 59.8 Å². The van der Waals surface area contributed by atoms with Gasteiger partial charge in [0.15, 0.2) is 0 Å². The van der Waals surface area contributed by atoms with E-state index in [1.807, 2.05) is 48.5 Å². The van der Waals surface area contributed by atoms with Crippen molar-refractivity contribution in [2.75, 3.05) is 0 Å². The smallest absolute Gasteiger partial charge is 0.338 e. The first-order valence-electron chi connectivity index (χ1n) is 10.9. The number of rotatable bonds is 9. The van der Waals surface area contributed by atoms with Gasteiger partial charge in [-0.05, 0) is 38.8 Å². The van der Waals surface area contributed by atoms with Gasteiger partial charge in [0.2, 0.25) is 0 Å². The summed E-state index contributed by atoms with van der Waals surface area (Å²) < 4.78 is 11.6. The number of hydrogen-bond acceptors (Lipinski definition) is 4. The Balaban J connectivity index is 1.98. The number of amides is 2. The Morgan fingerprint density at radius 1 is 1.12 bits per heavy atom. The van der Waals surface area contributed by atoms with Crippen LogP contribution in [0.5, 0.6) is 5.75 Å². The monoisotopic (exact) mass is 456 g/mol. The minimum Gasteiger partial charge on any atom is -0.488 e. The lowest BCUT2D eigenvalue weighted by molar-refractivity contribution is -0.143. The van der Waals surface area contributed by atoms with Crippen molar-refractivity contribution in [1.82, 2.24) is 10.6 Å². The van der Waals surface area contributed by atoms with Crippen LogP contribution >= 0.6 is 11.6 Å². The summed E-state index contributed by atoms with van der Waals surface area (Å²) >= 11 is 6.26. The number of urea groups is 1. The van der Waals surface area contributed by atoms with Crippen LogP contribution in [-0.4, -0.2) is 18.1 Å². The van der Waals surface area contributed by atoms with Crippen molar-refractivity contribution in [1.29, 1.82) is 0 Å². The Kier molecular flexibility index (Phi) is 8.17. The average Bonchev–Trinajstić information content (AvgIpc) is 2.76. The lowest BCUT2D eigenvalue weighted by Crippen LogP contribution is -2.46. The summed E-state index contributed by atoms with van der Waals surface area (Å²) in [5, 5.41) is 6.30. The molecule has 1 heterocycles. The molecule has 6 nitrogen and oxygen atoms in total. The van der Waals surface area contributed by atoms with Crippen molar-refractivity contribution < 1.29 is 19.1 Å². The van der Waals surface area contributed by atoms with Crippen molar-refractivity contribution in [3.63, 3.8) is 0 Å². The molecule has 0 saturated carbocycles. The number of para-hydroxylation sites is 1. The number of hydrogen-bond donors (Lipinski definition) is 2. The van der Waals surface area contributed by atoms with Crippen LogP contribution < -0.4 is 15.4 Å². The Hall–Kier alpha value is -2.99. The van der Waals surface area contributed by atoms with E-state index in [-0.39, 0.29) is 18.7 Å². The summed E-state index contributed by atoms with van der Waals surface area (Å²) in [6.07, 6.45) is 2.06. The van der Waals surface area contributed by atoms with Gasteiger partial charge in [-0.25, -0.2) is 9.59 Å². The first-order valence-corrected chi connectivity index (χ1v) is 11.2. The third kappa shape index (κ3) is 5.82. The van der Waals surface area contributed by atoms with Gasteiger partial charge in [0.05, 0.1) is 17.7 Å². The number of nitrogens with one attached hydrogen (secondary N) is 2. The lowest BCUT2D eigenvalue weighted by Gasteiger charge is -2.31. The Morgan fingerprint density at radius 2 is 1.84 bits per heavy atom. The van der Waals surface area contributed by atoms with E-state index in [2.05, 4.69) is 17.6 Å². The summed E-state index contributed by atoms with van der Waals surface area (Å²) in [7, 11) is 0. The van der Waals surface area contributed by atoms with Crippen LogP contribution in [0.2, 0.25) is 5.02 Å². The predicted molar refractivity (Wildman–Crippen MR) is 124 cm³/mol. The number of esters is 1. The van der Waals surface area contributed by atoms with Gasteiger partial charge in [0.1, 0.15) is 12.4 Å². The third-order valence-electron chi connectivity index (χ3n) is 5.07. The molecule has 0 aliphatic carbocycles. The van der Waals surface area contributed by atoms with Crippen LogP contribution in [0, 0.1) is 0 Å². The number of ether oxygens (including phenoxy) is 2. The zero-order chi connectivity index (χ0) is 23.1. The number of halogens is 1. The van der Waals surface area contributed by atoms with Crippen LogP contribution in [0.25, 0.3) is 0 Å². The number of benzene rings is 2. The van der Waals surface area contributed by atoms with E-state index in [1.54, 1.807) is 13.8 Å². The second-order valence-electron chi connectivity index (χ2n) is 7.90. The molecule has 3 rings (SSSR count). The zero-order valence-corrected chi connectivity index (χ0v) is 19.4. The fourth-order valence-electron chi connectivity index (χ4n) is 3.54. The maximum atomic E-state index is 13.1. The Morgan fingerprint density at radius 3 is 2.56 bits per heavy atom. The number of carbonyl (C=O) groups is 2. The molecule has 1 aliphatic rings. The fraction of sp³-hybridized carbons (Fsp3) is 0.360. The fourth-order valence-corrected chi connectivity index (χ4v) is 3.73. The van der Waals surface area contributed by atoms with Crippen molar-refractivity contribution in [2.45, 2.75) is 58.8 Å². The zero-order valence-electron chi connectivity index (χ0n) is 18.6. The number of carbonyl (C=O) groups excluding carboxylic acids is 2. The molecule has 1 unspecified atom stereocenters. The highest BCUT2D eigenvalue weighted by Gasteiger charge is 2.35. The van der Waals surface area contributed by atoms with Gasteiger partial charge < -0.3 is 20.1 Å². The normalized spacial score (nSPS) is 15.9. The van der Waals surface area contributed by atoms with Crippen molar-refractivity contribution in [2.24, 2.45) is 0 Å². The molecule has 1 aliphatic heterocycles. The largest absolute Gasteiger partial charge is 0.488 e. The lowest BCUT2D eigenvalue weighted by atomic mass is 9.93. The minimum absolute atomic E-state index is 0.258. The van der Waals surface area contributed by atoms with Crippen molar-refractivity contribution >= 4 is 23.6 Å². The number of allylic oxidation sites excluding steroid dienone is 1. The minimum atomic E-state index is -0.690. The molecule has 0 radical (unpaired) electrons. The maximum absolute atomic E-state index is 13.1. The molecule has 2 amide bonds. The Labute approximate surface area is 193 Å². The number of unbranched alkanes of at least 4 members (excludes halogenated alkanes) is 1. The highest BCUT2D eigenvalue weighted by atomic mass is 35.5. The highest BCUT2D eigenvalue weighted by Crippen LogP contribution is 2.35. The molecule has 0 fully saturated rings. The van der Waals surface area contributed by atoms with Gasteiger partial charge >= 0.3 is 12.0 Å². The summed E-state index contributed by atoms with van der Waals surface area (Å²) in [5.74, 6) is 0.105. The SMILES string of the molecule is CCCCC1=C(C(=O)OC(C)C)C(c2ccccc2OCc2ccccc2Cl)NC(=O)N1. The van der Waals surface area contributed by atoms with Crippen LogP contribution in [0.3, 0.4) is 0 Å². The standard InChI is InChI=1S/C25H29ClN2O4/c1-4-5-13-20-22(24(29)32-16(2)3)23(28-25(30)27-20)18-11-7-9-14-21(18)31-15-17-10-6-8-12-19(17)26/h6-12,14,16,23H,4-5,13,15H2,1-3H3,(H2,27,28,30). The van der Waals surface area contributed by atoms with Gasteiger partial charge in [-0.3, -0.25) is 0 Å². The van der Waals surface area contributed by atoms with E-state index in [0.717, 1.165) is 18.4 Å². The van der Waals surface area contributed by atoms with Crippen LogP contribution in [-0.2, 0) is 16.1 Å². The summed E-state index contributed by atoms with van der Waals surface area (Å²) in [4.78, 5) is 25.6. The van der Waals surface area contributed by atoms with E-state index in [1.165, 1.54) is 0 Å². The summed E-state index contributed by atoms with van der Waals surface area (Å²) in [6.45, 7) is 5.92. The Bertz CT molecular complexity index is 1000. The van der Waals surface area contributed by atoms with E-state index >= 15 is 0 Å². The maximum Gasteiger partial charge on any atom is 0.338 e. The molecule has 2 aromatic rings. The summed E-state index contributed by atoms with van der Waals surface area (Å²) in [5.41, 5.74) is 2.52. The quantitative estimate of drug-likeness (QED) is 0.476. The van der Waals surface area contributed by atoms with E-state index in [4.69, 9.17) is 21.1 Å². The molecule has 0 spiro atoms. The molecule has 0 saturated heterocycles. The molecular weight excluding hydrogens is 428 g/mol. The first kappa shape index (κ1) is 23.7. The molecule has 0 bridgehead atoms. The van der Waals surface area contributed by atoms with Gasteiger partial charge in [-0.2, -0.15) is 0 Å². The van der Waals surface area contributed by atoms with E-state index < -0.39 is 12.0 Å².